The molecule has 1 aromatic heterocycles. The van der Waals surface area contributed by atoms with Gasteiger partial charge in [0.2, 0.25) is 0 Å². The SMILES string of the molecule is Brc1ccccc1OCC[n+]1ccc(Cc2ccccc2)cc1.[Cl-]. The monoisotopic (exact) mass is 403 g/mol. The normalized spacial score (nSPS) is 10.0. The molecule has 0 fully saturated rings. The fourth-order valence-electron chi connectivity index (χ4n) is 2.41. The van der Waals surface area contributed by atoms with E-state index in [1.165, 1.54) is 11.1 Å². The van der Waals surface area contributed by atoms with Crippen LogP contribution in [-0.4, -0.2) is 6.61 Å². The fraction of sp³-hybridized carbons (Fsp3) is 0.150. The Kier molecular flexibility index (Phi) is 7.29. The third-order valence-electron chi connectivity index (χ3n) is 3.65. The molecule has 0 spiro atoms. The van der Waals surface area contributed by atoms with Gasteiger partial charge in [-0.2, -0.15) is 0 Å². The van der Waals surface area contributed by atoms with Gasteiger partial charge in [-0.15, -0.1) is 0 Å². The number of aromatic nitrogens is 1. The van der Waals surface area contributed by atoms with Crippen LogP contribution in [-0.2, 0) is 13.0 Å². The van der Waals surface area contributed by atoms with Crippen LogP contribution in [0.15, 0.2) is 83.6 Å². The van der Waals surface area contributed by atoms with Crippen LogP contribution in [0.4, 0.5) is 0 Å². The Morgan fingerprint density at radius 2 is 1.42 bits per heavy atom. The molecule has 0 saturated carbocycles. The minimum absolute atomic E-state index is 0. The summed E-state index contributed by atoms with van der Waals surface area (Å²) in [4.78, 5) is 0. The van der Waals surface area contributed by atoms with Gasteiger partial charge in [0.05, 0.1) is 4.47 Å². The molecule has 24 heavy (non-hydrogen) atoms. The lowest BCUT2D eigenvalue weighted by Gasteiger charge is -2.06. The highest BCUT2D eigenvalue weighted by Gasteiger charge is 2.04. The van der Waals surface area contributed by atoms with Crippen molar-refractivity contribution in [1.82, 2.24) is 0 Å². The van der Waals surface area contributed by atoms with Crippen molar-refractivity contribution in [3.05, 3.63) is 94.7 Å². The van der Waals surface area contributed by atoms with Crippen LogP contribution in [0.25, 0.3) is 0 Å². The van der Waals surface area contributed by atoms with Gasteiger partial charge in [0, 0.05) is 12.1 Å². The molecule has 0 aliphatic carbocycles. The number of rotatable bonds is 6. The van der Waals surface area contributed by atoms with Crippen molar-refractivity contribution in [2.24, 2.45) is 0 Å². The summed E-state index contributed by atoms with van der Waals surface area (Å²) in [7, 11) is 0. The van der Waals surface area contributed by atoms with Gasteiger partial charge >= 0.3 is 0 Å². The van der Waals surface area contributed by atoms with Gasteiger partial charge < -0.3 is 17.1 Å². The molecule has 124 valence electrons. The zero-order chi connectivity index (χ0) is 15.9. The third-order valence-corrected chi connectivity index (χ3v) is 4.31. The molecule has 0 unspecified atom stereocenters. The lowest BCUT2D eigenvalue weighted by Crippen LogP contribution is -3.00. The topological polar surface area (TPSA) is 13.1 Å². The Morgan fingerprint density at radius 1 is 0.792 bits per heavy atom. The number of halogens is 2. The molecule has 2 nitrogen and oxygen atoms in total. The predicted octanol–water partition coefficient (Wildman–Crippen LogP) is 1.41. The van der Waals surface area contributed by atoms with Crippen molar-refractivity contribution in [3.8, 4) is 5.75 Å². The summed E-state index contributed by atoms with van der Waals surface area (Å²) in [5.74, 6) is 0.883. The summed E-state index contributed by atoms with van der Waals surface area (Å²) < 4.78 is 8.93. The fourth-order valence-corrected chi connectivity index (χ4v) is 2.81. The van der Waals surface area contributed by atoms with Crippen LogP contribution >= 0.6 is 15.9 Å². The molecule has 1 heterocycles. The minimum atomic E-state index is 0. The first-order chi connectivity index (χ1) is 11.3. The average Bonchev–Trinajstić information content (AvgIpc) is 2.59. The molecule has 0 aliphatic rings. The van der Waals surface area contributed by atoms with E-state index in [4.69, 9.17) is 4.74 Å². The van der Waals surface area contributed by atoms with Gasteiger partial charge in [0.15, 0.2) is 18.9 Å². The summed E-state index contributed by atoms with van der Waals surface area (Å²) >= 11 is 3.49. The van der Waals surface area contributed by atoms with Crippen LogP contribution in [0.5, 0.6) is 5.75 Å². The van der Waals surface area contributed by atoms with E-state index in [0.29, 0.717) is 6.61 Å². The predicted molar refractivity (Wildman–Crippen MR) is 95.5 cm³/mol. The zero-order valence-electron chi connectivity index (χ0n) is 13.2. The van der Waals surface area contributed by atoms with Gasteiger partial charge in [-0.1, -0.05) is 42.5 Å². The van der Waals surface area contributed by atoms with Crippen LogP contribution in [0.1, 0.15) is 11.1 Å². The van der Waals surface area contributed by atoms with E-state index in [-0.39, 0.29) is 12.4 Å². The standard InChI is InChI=1S/C20H19BrNO.ClH/c21-19-8-4-5-9-20(19)23-15-14-22-12-10-18(11-13-22)16-17-6-2-1-3-7-17;/h1-13H,14-16H2;1H/q+1;/p-1. The van der Waals surface area contributed by atoms with Crippen LogP contribution < -0.4 is 21.7 Å². The van der Waals surface area contributed by atoms with E-state index in [1.807, 2.05) is 30.3 Å². The van der Waals surface area contributed by atoms with E-state index >= 15 is 0 Å². The minimum Gasteiger partial charge on any atom is -1.00 e. The highest BCUT2D eigenvalue weighted by molar-refractivity contribution is 9.10. The Hall–Kier alpha value is -1.84. The van der Waals surface area contributed by atoms with Crippen molar-refractivity contribution < 1.29 is 21.7 Å². The average molecular weight is 405 g/mol. The Balaban J connectivity index is 0.00000208. The molecule has 0 amide bonds. The second kappa shape index (κ2) is 9.45. The van der Waals surface area contributed by atoms with Gasteiger partial charge in [-0.3, -0.25) is 0 Å². The first-order valence-corrected chi connectivity index (χ1v) is 8.50. The largest absolute Gasteiger partial charge is 1.00 e. The molecular weight excluding hydrogens is 386 g/mol. The molecule has 4 heteroatoms. The second-order valence-corrected chi connectivity index (χ2v) is 6.24. The number of para-hydroxylation sites is 1. The van der Waals surface area contributed by atoms with Gasteiger partial charge in [-0.05, 0) is 45.6 Å². The van der Waals surface area contributed by atoms with E-state index in [2.05, 4.69) is 69.3 Å². The molecule has 3 aromatic rings. The molecule has 0 atom stereocenters. The molecule has 0 saturated heterocycles. The van der Waals surface area contributed by atoms with E-state index in [1.54, 1.807) is 0 Å². The highest BCUT2D eigenvalue weighted by Crippen LogP contribution is 2.23. The van der Waals surface area contributed by atoms with Crippen molar-refractivity contribution in [1.29, 1.82) is 0 Å². The summed E-state index contributed by atoms with van der Waals surface area (Å²) in [6, 6.07) is 22.8. The maximum absolute atomic E-state index is 5.80. The molecule has 0 radical (unpaired) electrons. The van der Waals surface area contributed by atoms with Gasteiger partial charge in [-0.25, -0.2) is 4.57 Å². The molecule has 0 bridgehead atoms. The third kappa shape index (κ3) is 5.36. The number of ether oxygens (including phenoxy) is 1. The van der Waals surface area contributed by atoms with E-state index in [9.17, 15) is 0 Å². The molecule has 3 rings (SSSR count). The summed E-state index contributed by atoms with van der Waals surface area (Å²) in [6.07, 6.45) is 5.19. The Labute approximate surface area is 157 Å². The van der Waals surface area contributed by atoms with E-state index < -0.39 is 0 Å². The zero-order valence-corrected chi connectivity index (χ0v) is 15.6. The summed E-state index contributed by atoms with van der Waals surface area (Å²) in [5.41, 5.74) is 2.65. The Morgan fingerprint density at radius 3 is 2.12 bits per heavy atom. The first-order valence-electron chi connectivity index (χ1n) is 7.70. The van der Waals surface area contributed by atoms with Gasteiger partial charge in [0.25, 0.3) is 0 Å². The van der Waals surface area contributed by atoms with Crippen LogP contribution in [0.3, 0.4) is 0 Å². The Bertz CT molecular complexity index is 747. The van der Waals surface area contributed by atoms with Crippen LogP contribution in [0.2, 0.25) is 0 Å². The number of hydrogen-bond donors (Lipinski definition) is 0. The van der Waals surface area contributed by atoms with Crippen molar-refractivity contribution in [2.45, 2.75) is 13.0 Å². The number of nitrogens with zero attached hydrogens (tertiary/aromatic N) is 1. The lowest BCUT2D eigenvalue weighted by atomic mass is 10.1. The first kappa shape index (κ1) is 18.5. The number of hydrogen-bond acceptors (Lipinski definition) is 1. The van der Waals surface area contributed by atoms with Gasteiger partial charge in [0.1, 0.15) is 12.4 Å². The number of pyridine rings is 1. The van der Waals surface area contributed by atoms with Crippen LogP contribution in [0, 0.1) is 0 Å². The van der Waals surface area contributed by atoms with Crippen molar-refractivity contribution in [2.75, 3.05) is 6.61 Å². The molecule has 2 aromatic carbocycles. The molecule has 0 N–H and O–H groups in total. The smallest absolute Gasteiger partial charge is 0.182 e. The van der Waals surface area contributed by atoms with Crippen molar-refractivity contribution >= 4 is 15.9 Å². The second-order valence-electron chi connectivity index (χ2n) is 5.39. The maximum Gasteiger partial charge on any atom is 0.182 e. The summed E-state index contributed by atoms with van der Waals surface area (Å²) in [5, 5.41) is 0. The molecular formula is C20H19BrClNO. The highest BCUT2D eigenvalue weighted by atomic mass is 79.9. The summed E-state index contributed by atoms with van der Waals surface area (Å²) in [6.45, 7) is 1.47. The van der Waals surface area contributed by atoms with E-state index in [0.717, 1.165) is 23.2 Å². The lowest BCUT2D eigenvalue weighted by molar-refractivity contribution is -0.697. The number of benzene rings is 2. The van der Waals surface area contributed by atoms with Crippen molar-refractivity contribution in [3.63, 3.8) is 0 Å². The maximum atomic E-state index is 5.80. The quantitative estimate of drug-likeness (QED) is 0.566. The molecule has 0 aliphatic heterocycles.